The van der Waals surface area contributed by atoms with Crippen molar-refractivity contribution in [3.8, 4) is 11.5 Å². The molecule has 0 saturated carbocycles. The van der Waals surface area contributed by atoms with Crippen molar-refractivity contribution in [3.05, 3.63) is 64.9 Å². The van der Waals surface area contributed by atoms with Gasteiger partial charge in [-0.2, -0.15) is 13.2 Å². The summed E-state index contributed by atoms with van der Waals surface area (Å²) in [6, 6.07) is 9.07. The molecule has 0 aliphatic carbocycles. The van der Waals surface area contributed by atoms with E-state index in [0.29, 0.717) is 36.1 Å². The Balaban J connectivity index is 1.75. The molecule has 2 unspecified atom stereocenters. The summed E-state index contributed by atoms with van der Waals surface area (Å²) in [4.78, 5) is 19.2. The number of ether oxygens (including phenoxy) is 1. The van der Waals surface area contributed by atoms with Gasteiger partial charge in [0.2, 0.25) is 0 Å². The molecule has 2 aromatic carbocycles. The molecule has 1 aliphatic heterocycles. The molecular formula is C25H28F3N2O3PS. The molecular weight excluding hydrogens is 496 g/mol. The molecule has 5 nitrogen and oxygen atoms in total. The minimum absolute atomic E-state index is 0.0112. The minimum atomic E-state index is -4.42. The summed E-state index contributed by atoms with van der Waals surface area (Å²) in [5.41, 5.74) is 1.51. The summed E-state index contributed by atoms with van der Waals surface area (Å²) < 4.78 is 56.8. The van der Waals surface area contributed by atoms with Gasteiger partial charge in [-0.25, -0.2) is 4.99 Å². The van der Waals surface area contributed by atoms with Gasteiger partial charge in [0.15, 0.2) is 0 Å². The van der Waals surface area contributed by atoms with E-state index in [9.17, 15) is 22.2 Å². The van der Waals surface area contributed by atoms with E-state index < -0.39 is 22.5 Å². The molecule has 1 amide bonds. The highest BCUT2D eigenvalue weighted by molar-refractivity contribution is 8.00. The van der Waals surface area contributed by atoms with Crippen LogP contribution in [0.25, 0.3) is 0 Å². The number of carbonyl (C=O) groups excluding carboxylic acids is 1. The second-order valence-electron chi connectivity index (χ2n) is 8.49. The van der Waals surface area contributed by atoms with E-state index in [4.69, 9.17) is 4.74 Å². The zero-order valence-electron chi connectivity index (χ0n) is 20.0. The smallest absolute Gasteiger partial charge is 0.417 e. The standard InChI is InChI=1S/C25H28F3N2O3PS/c1-5-21(29-23(15(2)3)35(4)32)24(31)30-11-10-16-12-18(7-6-17(16)14-30)33-19-8-9-20(22(34)13-19)25(26,27)28/h5-9,12-13,15H,10-11,14,34H2,1-4H3/b21-5-,29-23?. The highest BCUT2D eigenvalue weighted by Crippen LogP contribution is 2.32. The van der Waals surface area contributed by atoms with Gasteiger partial charge < -0.3 is 9.64 Å². The summed E-state index contributed by atoms with van der Waals surface area (Å²) in [5.74, 6) is 0.551. The monoisotopic (exact) mass is 524 g/mol. The van der Waals surface area contributed by atoms with Crippen molar-refractivity contribution in [1.29, 1.82) is 0 Å². The Labute approximate surface area is 208 Å². The van der Waals surface area contributed by atoms with Crippen LogP contribution in [-0.2, 0) is 34.7 Å². The normalized spacial score (nSPS) is 15.7. The van der Waals surface area contributed by atoms with Gasteiger partial charge in [0.05, 0.1) is 16.4 Å². The lowest BCUT2D eigenvalue weighted by atomic mass is 9.99. The van der Waals surface area contributed by atoms with Crippen molar-refractivity contribution in [3.63, 3.8) is 0 Å². The predicted octanol–water partition coefficient (Wildman–Crippen LogP) is 5.22. The summed E-state index contributed by atoms with van der Waals surface area (Å²) in [7, 11) is 0.820. The topological polar surface area (TPSA) is 59.0 Å². The summed E-state index contributed by atoms with van der Waals surface area (Å²) in [5, 5.41) is 0.486. The van der Waals surface area contributed by atoms with Crippen LogP contribution in [0.1, 0.15) is 37.5 Å². The van der Waals surface area contributed by atoms with Crippen LogP contribution in [0.15, 0.2) is 53.2 Å². The van der Waals surface area contributed by atoms with Crippen LogP contribution < -0.4 is 10.0 Å². The number of fused-ring (bicyclic) bond motifs is 1. The van der Waals surface area contributed by atoms with Gasteiger partial charge in [0, 0.05) is 25.3 Å². The quantitative estimate of drug-likeness (QED) is 0.233. The fourth-order valence-corrected chi connectivity index (χ4v) is 5.12. The molecule has 10 heteroatoms. The first-order valence-electron chi connectivity index (χ1n) is 11.0. The molecule has 1 heterocycles. The number of carbonyl (C=O) groups is 1. The van der Waals surface area contributed by atoms with E-state index in [-0.39, 0.29) is 22.8 Å². The summed E-state index contributed by atoms with van der Waals surface area (Å²) in [6.07, 6.45) is -0.642. The van der Waals surface area contributed by atoms with Gasteiger partial charge in [0.25, 0.3) is 5.91 Å². The molecule has 0 fully saturated rings. The maximum Gasteiger partial charge on any atom is 0.417 e. The highest BCUT2D eigenvalue weighted by Gasteiger charge is 2.32. The molecule has 0 spiro atoms. The zero-order chi connectivity index (χ0) is 25.9. The number of rotatable bonds is 5. The Hall–Kier alpha value is -2.51. The van der Waals surface area contributed by atoms with Crippen LogP contribution in [0.3, 0.4) is 0 Å². The Bertz CT molecular complexity index is 1210. The van der Waals surface area contributed by atoms with Crippen molar-refractivity contribution in [2.45, 2.75) is 39.9 Å². The predicted molar refractivity (Wildman–Crippen MR) is 137 cm³/mol. The molecule has 3 rings (SSSR count). The van der Waals surface area contributed by atoms with Gasteiger partial charge in [-0.15, -0.1) is 9.24 Å². The molecule has 35 heavy (non-hydrogen) atoms. The van der Waals surface area contributed by atoms with Crippen LogP contribution >= 0.6 is 9.24 Å². The van der Waals surface area contributed by atoms with E-state index in [1.54, 1.807) is 30.2 Å². The maximum atomic E-state index is 13.1. The molecule has 0 N–H and O–H groups in total. The van der Waals surface area contributed by atoms with E-state index >= 15 is 0 Å². The van der Waals surface area contributed by atoms with Crippen LogP contribution in [0, 0.1) is 5.92 Å². The van der Waals surface area contributed by atoms with Gasteiger partial charge in [-0.05, 0) is 60.1 Å². The first-order chi connectivity index (χ1) is 16.4. The summed E-state index contributed by atoms with van der Waals surface area (Å²) in [6.45, 7) is 6.38. The molecule has 2 atom stereocenters. The molecule has 0 bridgehead atoms. The van der Waals surface area contributed by atoms with Gasteiger partial charge >= 0.3 is 6.18 Å². The molecule has 188 valence electrons. The number of halogens is 3. The largest absolute Gasteiger partial charge is 0.457 e. The Morgan fingerprint density at radius 2 is 1.83 bits per heavy atom. The number of allylic oxidation sites excluding steroid dienone is 1. The number of nitrogens with zero attached hydrogens (tertiary/aromatic N) is 2. The lowest BCUT2D eigenvalue weighted by molar-refractivity contribution is -0.136. The number of benzene rings is 2. The third kappa shape index (κ3) is 6.58. The molecule has 0 radical (unpaired) electrons. The number of amides is 1. The number of hydrogen-bond acceptors (Lipinski definition) is 4. The third-order valence-corrected chi connectivity index (χ3v) is 7.18. The van der Waals surface area contributed by atoms with E-state index in [1.807, 2.05) is 26.0 Å². The van der Waals surface area contributed by atoms with E-state index in [0.717, 1.165) is 17.2 Å². The fraction of sp³-hybridized carbons (Fsp3) is 0.360. The second kappa shape index (κ2) is 11.0. The van der Waals surface area contributed by atoms with Gasteiger partial charge in [0.1, 0.15) is 22.2 Å². The first kappa shape index (κ1) is 27.1. The zero-order valence-corrected chi connectivity index (χ0v) is 21.9. The van der Waals surface area contributed by atoms with Crippen LogP contribution in [0.2, 0.25) is 0 Å². The maximum absolute atomic E-state index is 13.1. The minimum Gasteiger partial charge on any atom is -0.457 e. The average Bonchev–Trinajstić information content (AvgIpc) is 2.77. The number of alkyl halides is 3. The Morgan fingerprint density at radius 1 is 1.17 bits per heavy atom. The summed E-state index contributed by atoms with van der Waals surface area (Å²) >= 11 is 0. The van der Waals surface area contributed by atoms with Crippen LogP contribution in [0.5, 0.6) is 11.5 Å². The Morgan fingerprint density at radius 3 is 2.40 bits per heavy atom. The fourth-order valence-electron chi connectivity index (χ4n) is 3.81. The first-order valence-corrected chi connectivity index (χ1v) is 13.2. The highest BCUT2D eigenvalue weighted by atomic mass is 32.2. The van der Waals surface area contributed by atoms with E-state index in [2.05, 4.69) is 14.2 Å². The lowest BCUT2D eigenvalue weighted by Crippen LogP contribution is -2.36. The van der Waals surface area contributed by atoms with Crippen LogP contribution in [0.4, 0.5) is 13.2 Å². The lowest BCUT2D eigenvalue weighted by Gasteiger charge is -2.29. The average molecular weight is 525 g/mol. The van der Waals surface area contributed by atoms with Crippen molar-refractivity contribution >= 4 is 36.3 Å². The van der Waals surface area contributed by atoms with Crippen LogP contribution in [-0.4, -0.2) is 32.9 Å². The Kier molecular flexibility index (Phi) is 8.54. The molecule has 0 aromatic heterocycles. The molecule has 1 aliphatic rings. The number of hydrogen-bond donors (Lipinski definition) is 0. The van der Waals surface area contributed by atoms with Crippen molar-refractivity contribution in [2.75, 3.05) is 12.8 Å². The third-order valence-electron chi connectivity index (χ3n) is 5.55. The van der Waals surface area contributed by atoms with Gasteiger partial charge in [-0.1, -0.05) is 26.0 Å². The second-order valence-corrected chi connectivity index (χ2v) is 10.4. The van der Waals surface area contributed by atoms with Crippen molar-refractivity contribution < 1.29 is 26.9 Å². The molecule has 0 saturated heterocycles. The van der Waals surface area contributed by atoms with E-state index in [1.165, 1.54) is 12.1 Å². The van der Waals surface area contributed by atoms with Crippen molar-refractivity contribution in [2.24, 2.45) is 10.9 Å². The molecule has 2 aromatic rings. The van der Waals surface area contributed by atoms with Gasteiger partial charge in [-0.3, -0.25) is 9.00 Å². The SMILES string of the molecule is C/C=C(\N=C(C(C)C)S(C)=O)C(=O)N1CCc2cc(Oc3ccc(C(F)(F)F)c(P)c3)ccc2C1. The van der Waals surface area contributed by atoms with Crippen molar-refractivity contribution in [1.82, 2.24) is 4.90 Å². The number of aliphatic imine (C=N–C) groups is 1.